The molecule has 0 radical (unpaired) electrons. The summed E-state index contributed by atoms with van der Waals surface area (Å²) in [5.74, 6) is -1.19. The maximum atomic E-state index is 13.8. The molecule has 1 heterocycles. The monoisotopic (exact) mass is 301 g/mol. The summed E-state index contributed by atoms with van der Waals surface area (Å²) in [6.07, 6.45) is 1.41. The first-order chi connectivity index (χ1) is 8.06. The minimum absolute atomic E-state index is 0.0617. The Bertz CT molecular complexity index is 571. The molecule has 90 valence electrons. The van der Waals surface area contributed by atoms with E-state index in [2.05, 4.69) is 26.1 Å². The first-order valence-electron chi connectivity index (χ1n) is 4.60. The van der Waals surface area contributed by atoms with Crippen LogP contribution in [0, 0.1) is 5.82 Å². The Balaban J connectivity index is 2.69. The van der Waals surface area contributed by atoms with Crippen molar-refractivity contribution in [3.63, 3.8) is 0 Å². The number of aromatic hydroxyl groups is 1. The molecule has 7 heteroatoms. The number of benzene rings is 1. The third kappa shape index (κ3) is 1.82. The third-order valence-corrected chi connectivity index (χ3v) is 2.90. The standard InChI is InChI=1S/C10H9BrFN3O2/c1-17-9-6(11)2-4(8(16)7(9)12)5-3-14-15-10(5)13/h2-3,16H,1H3,(H3,13,14,15). The van der Waals surface area contributed by atoms with Gasteiger partial charge in [-0.25, -0.2) is 0 Å². The van der Waals surface area contributed by atoms with Crippen molar-refractivity contribution in [2.24, 2.45) is 0 Å². The molecule has 0 saturated heterocycles. The largest absolute Gasteiger partial charge is 0.504 e. The molecular weight excluding hydrogens is 293 g/mol. The van der Waals surface area contributed by atoms with Gasteiger partial charge in [-0.1, -0.05) is 0 Å². The molecule has 4 N–H and O–H groups in total. The van der Waals surface area contributed by atoms with Crippen LogP contribution in [-0.4, -0.2) is 22.4 Å². The summed E-state index contributed by atoms with van der Waals surface area (Å²) in [5.41, 5.74) is 6.27. The Hall–Kier alpha value is -1.76. The van der Waals surface area contributed by atoms with Gasteiger partial charge in [0.25, 0.3) is 0 Å². The lowest BCUT2D eigenvalue weighted by molar-refractivity contribution is 0.363. The summed E-state index contributed by atoms with van der Waals surface area (Å²) in [5, 5.41) is 16.0. The van der Waals surface area contributed by atoms with Gasteiger partial charge < -0.3 is 15.6 Å². The van der Waals surface area contributed by atoms with Crippen molar-refractivity contribution in [3.8, 4) is 22.6 Å². The van der Waals surface area contributed by atoms with Crippen LogP contribution >= 0.6 is 15.9 Å². The fraction of sp³-hybridized carbons (Fsp3) is 0.100. The zero-order valence-corrected chi connectivity index (χ0v) is 10.4. The van der Waals surface area contributed by atoms with Crippen LogP contribution < -0.4 is 10.5 Å². The highest BCUT2D eigenvalue weighted by Crippen LogP contribution is 2.42. The fourth-order valence-corrected chi connectivity index (χ4v) is 2.06. The smallest absolute Gasteiger partial charge is 0.208 e. The van der Waals surface area contributed by atoms with Gasteiger partial charge in [-0.15, -0.1) is 0 Å². The first-order valence-corrected chi connectivity index (χ1v) is 5.39. The highest BCUT2D eigenvalue weighted by Gasteiger charge is 2.20. The van der Waals surface area contributed by atoms with Gasteiger partial charge in [0, 0.05) is 11.1 Å². The lowest BCUT2D eigenvalue weighted by Gasteiger charge is -2.10. The number of aromatic nitrogens is 2. The van der Waals surface area contributed by atoms with Crippen LogP contribution in [0.15, 0.2) is 16.7 Å². The zero-order chi connectivity index (χ0) is 12.6. The first kappa shape index (κ1) is 11.7. The van der Waals surface area contributed by atoms with Crippen LogP contribution in [0.2, 0.25) is 0 Å². The number of hydrogen-bond donors (Lipinski definition) is 3. The van der Waals surface area contributed by atoms with Gasteiger partial charge in [-0.3, -0.25) is 5.10 Å². The molecule has 0 aliphatic heterocycles. The van der Waals surface area contributed by atoms with Crippen LogP contribution in [-0.2, 0) is 0 Å². The topological polar surface area (TPSA) is 84.2 Å². The summed E-state index contributed by atoms with van der Waals surface area (Å²) in [4.78, 5) is 0. The SMILES string of the molecule is COc1c(Br)cc(-c2cn[nH]c2N)c(O)c1F. The van der Waals surface area contributed by atoms with Crippen LogP contribution in [0.5, 0.6) is 11.5 Å². The van der Waals surface area contributed by atoms with E-state index in [0.717, 1.165) is 0 Å². The second-order valence-electron chi connectivity index (χ2n) is 3.30. The summed E-state index contributed by atoms with van der Waals surface area (Å²) in [6.45, 7) is 0. The van der Waals surface area contributed by atoms with Crippen molar-refractivity contribution in [3.05, 3.63) is 22.6 Å². The molecule has 2 aromatic rings. The average Bonchev–Trinajstić information content (AvgIpc) is 2.71. The maximum absolute atomic E-state index is 13.8. The van der Waals surface area contributed by atoms with E-state index in [1.165, 1.54) is 19.4 Å². The molecule has 0 unspecified atom stereocenters. The number of phenols is 1. The van der Waals surface area contributed by atoms with Crippen molar-refractivity contribution in [1.82, 2.24) is 10.2 Å². The molecule has 0 aliphatic rings. The minimum Gasteiger partial charge on any atom is -0.504 e. The molecule has 0 bridgehead atoms. The van der Waals surface area contributed by atoms with Gasteiger partial charge in [-0.05, 0) is 22.0 Å². The molecule has 0 spiro atoms. The van der Waals surface area contributed by atoms with Crippen molar-refractivity contribution in [2.75, 3.05) is 12.8 Å². The number of hydrogen-bond acceptors (Lipinski definition) is 4. The zero-order valence-electron chi connectivity index (χ0n) is 8.79. The molecule has 0 fully saturated rings. The molecule has 0 atom stereocenters. The highest BCUT2D eigenvalue weighted by molar-refractivity contribution is 9.10. The van der Waals surface area contributed by atoms with Gasteiger partial charge in [0.05, 0.1) is 17.8 Å². The number of halogens is 2. The summed E-state index contributed by atoms with van der Waals surface area (Å²) < 4.78 is 19.0. The number of H-pyrrole nitrogens is 1. The average molecular weight is 302 g/mol. The predicted molar refractivity (Wildman–Crippen MR) is 64.3 cm³/mol. The predicted octanol–water partition coefficient (Wildman–Crippen LogP) is 2.27. The third-order valence-electron chi connectivity index (χ3n) is 2.31. The number of rotatable bonds is 2. The summed E-state index contributed by atoms with van der Waals surface area (Å²) in [6, 6.07) is 1.51. The molecule has 0 aliphatic carbocycles. The quantitative estimate of drug-likeness (QED) is 0.794. The van der Waals surface area contributed by atoms with E-state index < -0.39 is 11.6 Å². The lowest BCUT2D eigenvalue weighted by Crippen LogP contribution is -1.94. The molecule has 1 aromatic carbocycles. The number of nitrogens with one attached hydrogen (secondary N) is 1. The lowest BCUT2D eigenvalue weighted by atomic mass is 10.1. The number of ether oxygens (including phenoxy) is 1. The van der Waals surface area contributed by atoms with E-state index in [1.54, 1.807) is 0 Å². The van der Waals surface area contributed by atoms with Crippen molar-refractivity contribution in [1.29, 1.82) is 0 Å². The molecule has 17 heavy (non-hydrogen) atoms. The molecule has 5 nitrogen and oxygen atoms in total. The van der Waals surface area contributed by atoms with E-state index in [4.69, 9.17) is 10.5 Å². The minimum atomic E-state index is -0.850. The summed E-state index contributed by atoms with van der Waals surface area (Å²) >= 11 is 3.15. The number of aromatic amines is 1. The second kappa shape index (κ2) is 4.25. The number of nitrogens with zero attached hydrogens (tertiary/aromatic N) is 1. The van der Waals surface area contributed by atoms with Crippen LogP contribution in [0.25, 0.3) is 11.1 Å². The van der Waals surface area contributed by atoms with E-state index in [1.807, 2.05) is 0 Å². The Morgan fingerprint density at radius 2 is 2.24 bits per heavy atom. The molecule has 2 rings (SSSR count). The number of nitrogens with two attached hydrogens (primary N) is 1. The van der Waals surface area contributed by atoms with Gasteiger partial charge in [0.1, 0.15) is 5.82 Å². The number of phenolic OH excluding ortho intramolecular Hbond substituents is 1. The van der Waals surface area contributed by atoms with Crippen LogP contribution in [0.4, 0.5) is 10.2 Å². The Morgan fingerprint density at radius 1 is 1.53 bits per heavy atom. The van der Waals surface area contributed by atoms with Crippen molar-refractivity contribution in [2.45, 2.75) is 0 Å². The van der Waals surface area contributed by atoms with Crippen LogP contribution in [0.1, 0.15) is 0 Å². The van der Waals surface area contributed by atoms with E-state index in [0.29, 0.717) is 10.0 Å². The number of anilines is 1. The van der Waals surface area contributed by atoms with E-state index in [-0.39, 0.29) is 17.1 Å². The normalized spacial score (nSPS) is 10.5. The Labute approximate surface area is 105 Å². The maximum Gasteiger partial charge on any atom is 0.208 e. The van der Waals surface area contributed by atoms with E-state index in [9.17, 15) is 9.50 Å². The van der Waals surface area contributed by atoms with Crippen molar-refractivity contribution >= 4 is 21.7 Å². The van der Waals surface area contributed by atoms with Crippen LogP contribution in [0.3, 0.4) is 0 Å². The van der Waals surface area contributed by atoms with Gasteiger partial charge in [-0.2, -0.15) is 9.49 Å². The number of methoxy groups -OCH3 is 1. The highest BCUT2D eigenvalue weighted by atomic mass is 79.9. The molecular formula is C10H9BrFN3O2. The van der Waals surface area contributed by atoms with Gasteiger partial charge in [0.15, 0.2) is 11.5 Å². The van der Waals surface area contributed by atoms with Gasteiger partial charge in [0.2, 0.25) is 5.82 Å². The molecule has 0 amide bonds. The fourth-order valence-electron chi connectivity index (χ4n) is 1.49. The number of nitrogen functional groups attached to an aromatic ring is 1. The Kier molecular flexibility index (Phi) is 2.93. The molecule has 0 saturated carbocycles. The summed E-state index contributed by atoms with van der Waals surface area (Å²) in [7, 11) is 1.31. The molecule has 1 aromatic heterocycles. The van der Waals surface area contributed by atoms with Gasteiger partial charge >= 0.3 is 0 Å². The Morgan fingerprint density at radius 3 is 2.76 bits per heavy atom. The second-order valence-corrected chi connectivity index (χ2v) is 4.15. The van der Waals surface area contributed by atoms with E-state index >= 15 is 0 Å². The van der Waals surface area contributed by atoms with Crippen molar-refractivity contribution < 1.29 is 14.2 Å².